The van der Waals surface area contributed by atoms with E-state index in [9.17, 15) is 19.6 Å². The first-order valence-corrected chi connectivity index (χ1v) is 9.96. The Morgan fingerprint density at radius 1 is 1.03 bits per heavy atom. The topological polar surface area (TPSA) is 115 Å². The summed E-state index contributed by atoms with van der Waals surface area (Å²) in [7, 11) is 1.53. The maximum atomic E-state index is 12.1. The number of rotatable bonds is 10. The molecule has 0 aliphatic heterocycles. The third-order valence-electron chi connectivity index (χ3n) is 4.24. The second-order valence-electron chi connectivity index (χ2n) is 6.63. The zero-order valence-electron chi connectivity index (χ0n) is 17.9. The summed E-state index contributed by atoms with van der Waals surface area (Å²) in [6.07, 6.45) is 3.08. The van der Waals surface area contributed by atoms with Gasteiger partial charge in [0, 0.05) is 5.69 Å². The van der Waals surface area contributed by atoms with E-state index in [2.05, 4.69) is 5.32 Å². The van der Waals surface area contributed by atoms with Gasteiger partial charge >= 0.3 is 11.9 Å². The van der Waals surface area contributed by atoms with Crippen LogP contribution in [0.25, 0.3) is 6.08 Å². The molecule has 166 valence electrons. The van der Waals surface area contributed by atoms with Crippen LogP contribution in [0, 0.1) is 11.3 Å². The Hall–Kier alpha value is -4.12. The zero-order valence-corrected chi connectivity index (χ0v) is 17.9. The summed E-state index contributed by atoms with van der Waals surface area (Å²) in [5.41, 5.74) is 1.16. The highest BCUT2D eigenvalue weighted by Gasteiger charge is 2.14. The van der Waals surface area contributed by atoms with Crippen LogP contribution in [-0.4, -0.2) is 38.2 Å². The van der Waals surface area contributed by atoms with Crippen LogP contribution in [0.1, 0.15) is 35.7 Å². The fourth-order valence-electron chi connectivity index (χ4n) is 2.49. The number of carbonyl (C=O) groups is 3. The first-order chi connectivity index (χ1) is 15.5. The van der Waals surface area contributed by atoms with Crippen molar-refractivity contribution in [2.45, 2.75) is 19.8 Å². The van der Waals surface area contributed by atoms with Gasteiger partial charge in [0.2, 0.25) is 0 Å². The number of anilines is 1. The van der Waals surface area contributed by atoms with Gasteiger partial charge in [-0.25, -0.2) is 9.59 Å². The number of hydrogen-bond donors (Lipinski definition) is 1. The molecular formula is C24H24N2O6. The first kappa shape index (κ1) is 24.2. The average molecular weight is 436 g/mol. The summed E-state index contributed by atoms with van der Waals surface area (Å²) < 4.78 is 15.1. The highest BCUT2D eigenvalue weighted by molar-refractivity contribution is 6.00. The standard InChI is InChI=1S/C24H24N2O6/c1-3-4-13-31-23(28)18-7-9-20(10-8-18)26-22(27)16-32-24(29)19(15-25)14-17-5-11-21(30-2)12-6-17/h5-12,14H,3-4,13,16H2,1-2H3,(H,26,27)/b19-14+. The minimum absolute atomic E-state index is 0.242. The molecule has 0 saturated heterocycles. The fraction of sp³-hybridized carbons (Fsp3) is 0.250. The first-order valence-electron chi connectivity index (χ1n) is 9.96. The van der Waals surface area contributed by atoms with E-state index in [1.165, 1.54) is 25.3 Å². The number of carbonyl (C=O) groups excluding carboxylic acids is 3. The molecule has 0 spiro atoms. The van der Waals surface area contributed by atoms with Gasteiger partial charge in [0.15, 0.2) is 6.61 Å². The second kappa shape index (κ2) is 12.5. The number of nitrogens with zero attached hydrogens (tertiary/aromatic N) is 1. The molecule has 0 heterocycles. The molecule has 8 nitrogen and oxygen atoms in total. The highest BCUT2D eigenvalue weighted by Crippen LogP contribution is 2.15. The van der Waals surface area contributed by atoms with E-state index >= 15 is 0 Å². The van der Waals surface area contributed by atoms with Crippen molar-refractivity contribution < 1.29 is 28.6 Å². The molecule has 2 aromatic carbocycles. The molecule has 1 N–H and O–H groups in total. The lowest BCUT2D eigenvalue weighted by Crippen LogP contribution is -2.21. The van der Waals surface area contributed by atoms with E-state index in [1.807, 2.05) is 6.92 Å². The van der Waals surface area contributed by atoms with E-state index in [-0.39, 0.29) is 5.57 Å². The lowest BCUT2D eigenvalue weighted by molar-refractivity contribution is -0.142. The van der Waals surface area contributed by atoms with Crippen molar-refractivity contribution in [3.63, 3.8) is 0 Å². The number of methoxy groups -OCH3 is 1. The van der Waals surface area contributed by atoms with Crippen molar-refractivity contribution in [2.75, 3.05) is 25.6 Å². The number of amides is 1. The van der Waals surface area contributed by atoms with Crippen LogP contribution in [-0.2, 0) is 19.1 Å². The van der Waals surface area contributed by atoms with E-state index in [0.29, 0.717) is 29.2 Å². The molecule has 0 aliphatic rings. The molecule has 0 atom stereocenters. The predicted octanol–water partition coefficient (Wildman–Crippen LogP) is 3.74. The zero-order chi connectivity index (χ0) is 23.3. The number of esters is 2. The molecule has 0 unspecified atom stereocenters. The van der Waals surface area contributed by atoms with Crippen molar-refractivity contribution in [3.8, 4) is 11.8 Å². The predicted molar refractivity (Wildman–Crippen MR) is 118 cm³/mol. The Labute approximate surface area is 186 Å². The smallest absolute Gasteiger partial charge is 0.349 e. The normalized spacial score (nSPS) is 10.6. The van der Waals surface area contributed by atoms with Gasteiger partial charge in [-0.3, -0.25) is 4.79 Å². The van der Waals surface area contributed by atoms with Crippen LogP contribution in [0.3, 0.4) is 0 Å². The molecule has 2 rings (SSSR count). The number of nitriles is 1. The van der Waals surface area contributed by atoms with Crippen molar-refractivity contribution in [2.24, 2.45) is 0 Å². The lowest BCUT2D eigenvalue weighted by atomic mass is 10.1. The van der Waals surface area contributed by atoms with Gasteiger partial charge in [0.25, 0.3) is 5.91 Å². The monoisotopic (exact) mass is 436 g/mol. The molecule has 0 saturated carbocycles. The maximum Gasteiger partial charge on any atom is 0.349 e. The van der Waals surface area contributed by atoms with Crippen LogP contribution in [0.5, 0.6) is 5.75 Å². The highest BCUT2D eigenvalue weighted by atomic mass is 16.5. The Balaban J connectivity index is 1.87. The number of ether oxygens (including phenoxy) is 3. The summed E-state index contributed by atoms with van der Waals surface area (Å²) in [4.78, 5) is 36.1. The summed E-state index contributed by atoms with van der Waals surface area (Å²) in [6, 6.07) is 14.6. The van der Waals surface area contributed by atoms with Crippen molar-refractivity contribution in [1.29, 1.82) is 5.26 Å². The Morgan fingerprint density at radius 3 is 2.31 bits per heavy atom. The Bertz CT molecular complexity index is 1000. The molecule has 8 heteroatoms. The molecule has 2 aromatic rings. The summed E-state index contributed by atoms with van der Waals surface area (Å²) >= 11 is 0. The van der Waals surface area contributed by atoms with E-state index < -0.39 is 24.5 Å². The summed E-state index contributed by atoms with van der Waals surface area (Å²) in [5, 5.41) is 11.8. The third kappa shape index (κ3) is 7.61. The van der Waals surface area contributed by atoms with Crippen LogP contribution in [0.2, 0.25) is 0 Å². The Morgan fingerprint density at radius 2 is 1.72 bits per heavy atom. The van der Waals surface area contributed by atoms with Crippen molar-refractivity contribution >= 4 is 29.6 Å². The number of hydrogen-bond acceptors (Lipinski definition) is 7. The minimum atomic E-state index is -0.913. The summed E-state index contributed by atoms with van der Waals surface area (Å²) in [6.45, 7) is 1.79. The van der Waals surface area contributed by atoms with Crippen LogP contribution >= 0.6 is 0 Å². The van der Waals surface area contributed by atoms with Crippen LogP contribution in [0.15, 0.2) is 54.1 Å². The van der Waals surface area contributed by atoms with Gasteiger partial charge in [-0.1, -0.05) is 25.5 Å². The molecule has 0 aliphatic carbocycles. The molecule has 0 bridgehead atoms. The third-order valence-corrected chi connectivity index (χ3v) is 4.24. The van der Waals surface area contributed by atoms with Gasteiger partial charge in [0.05, 0.1) is 19.3 Å². The minimum Gasteiger partial charge on any atom is -0.497 e. The second-order valence-corrected chi connectivity index (χ2v) is 6.63. The molecule has 0 aromatic heterocycles. The molecule has 1 amide bonds. The van der Waals surface area contributed by atoms with Crippen LogP contribution in [0.4, 0.5) is 5.69 Å². The van der Waals surface area contributed by atoms with Gasteiger partial charge < -0.3 is 19.5 Å². The fourth-order valence-corrected chi connectivity index (χ4v) is 2.49. The molecular weight excluding hydrogens is 412 g/mol. The van der Waals surface area contributed by atoms with Gasteiger partial charge in [-0.15, -0.1) is 0 Å². The van der Waals surface area contributed by atoms with Crippen molar-refractivity contribution in [3.05, 3.63) is 65.2 Å². The van der Waals surface area contributed by atoms with E-state index in [4.69, 9.17) is 14.2 Å². The van der Waals surface area contributed by atoms with Gasteiger partial charge in [0.1, 0.15) is 17.4 Å². The lowest BCUT2D eigenvalue weighted by Gasteiger charge is -2.08. The largest absolute Gasteiger partial charge is 0.497 e. The quantitative estimate of drug-likeness (QED) is 0.261. The molecule has 0 fully saturated rings. The molecule has 32 heavy (non-hydrogen) atoms. The van der Waals surface area contributed by atoms with Gasteiger partial charge in [-0.05, 0) is 54.5 Å². The van der Waals surface area contributed by atoms with Gasteiger partial charge in [-0.2, -0.15) is 5.26 Å². The van der Waals surface area contributed by atoms with E-state index in [1.54, 1.807) is 42.5 Å². The van der Waals surface area contributed by atoms with Crippen molar-refractivity contribution in [1.82, 2.24) is 0 Å². The number of nitrogens with one attached hydrogen (secondary N) is 1. The maximum absolute atomic E-state index is 12.1. The average Bonchev–Trinajstić information content (AvgIpc) is 2.82. The Kier molecular flexibility index (Phi) is 9.47. The summed E-state index contributed by atoms with van der Waals surface area (Å²) in [5.74, 6) is -1.29. The van der Waals surface area contributed by atoms with E-state index in [0.717, 1.165) is 12.8 Å². The number of unbranched alkanes of at least 4 members (excludes halogenated alkanes) is 1. The van der Waals surface area contributed by atoms with Crippen LogP contribution < -0.4 is 10.1 Å². The number of benzene rings is 2. The molecule has 0 radical (unpaired) electrons. The SMILES string of the molecule is CCCCOC(=O)c1ccc(NC(=O)COC(=O)/C(C#N)=C/c2ccc(OC)cc2)cc1.